The van der Waals surface area contributed by atoms with Crippen molar-refractivity contribution in [3.05, 3.63) is 95.2 Å². The topological polar surface area (TPSA) is 112 Å². The number of aromatic hydroxyl groups is 1. The standard InChI is InChI=1S/C30H28N2O6/c1-3-38-22-10-6-19(7-11-22)28(34)26-27(18-4-8-21(33)9-5-18)32(30(36)29(26)35)15-14-20-17-31-25-13-12-23(37-2)16-24(20)25/h4-13,16-17,27,31,33-34H,3,14-15H2,1-2H3/b28-26-. The van der Waals surface area contributed by atoms with Crippen molar-refractivity contribution >= 4 is 28.4 Å². The van der Waals surface area contributed by atoms with E-state index in [1.807, 2.05) is 31.3 Å². The molecule has 1 amide bonds. The number of rotatable bonds is 8. The Kier molecular flexibility index (Phi) is 6.79. The Morgan fingerprint density at radius 2 is 1.71 bits per heavy atom. The fourth-order valence-electron chi connectivity index (χ4n) is 4.88. The molecule has 3 N–H and O–H groups in total. The molecule has 0 bridgehead atoms. The molecule has 1 fully saturated rings. The van der Waals surface area contributed by atoms with E-state index < -0.39 is 17.7 Å². The van der Waals surface area contributed by atoms with Crippen LogP contribution in [0.1, 0.15) is 29.7 Å². The molecule has 0 spiro atoms. The highest BCUT2D eigenvalue weighted by atomic mass is 16.5. The number of aromatic amines is 1. The monoisotopic (exact) mass is 512 g/mol. The van der Waals surface area contributed by atoms with Crippen molar-refractivity contribution in [3.63, 3.8) is 0 Å². The summed E-state index contributed by atoms with van der Waals surface area (Å²) < 4.78 is 10.8. The van der Waals surface area contributed by atoms with E-state index in [0.717, 1.165) is 22.2 Å². The predicted octanol–water partition coefficient (Wildman–Crippen LogP) is 4.95. The van der Waals surface area contributed by atoms with Crippen LogP contribution < -0.4 is 9.47 Å². The van der Waals surface area contributed by atoms with Gasteiger partial charge in [-0.1, -0.05) is 12.1 Å². The number of aliphatic hydroxyl groups excluding tert-OH is 1. The number of nitrogens with zero attached hydrogens (tertiary/aromatic N) is 1. The number of nitrogens with one attached hydrogen (secondary N) is 1. The number of carbonyl (C=O) groups excluding carboxylic acids is 2. The van der Waals surface area contributed by atoms with Gasteiger partial charge in [-0.15, -0.1) is 0 Å². The number of methoxy groups -OCH3 is 1. The lowest BCUT2D eigenvalue weighted by molar-refractivity contribution is -0.139. The molecule has 0 saturated carbocycles. The van der Waals surface area contributed by atoms with E-state index in [-0.39, 0.29) is 23.6 Å². The number of aliphatic hydroxyl groups is 1. The molecule has 0 radical (unpaired) electrons. The number of phenolic OH excluding ortho intramolecular Hbond substituents is 1. The average molecular weight is 513 g/mol. The lowest BCUT2D eigenvalue weighted by Crippen LogP contribution is -2.31. The quantitative estimate of drug-likeness (QED) is 0.175. The molecule has 8 nitrogen and oxygen atoms in total. The van der Waals surface area contributed by atoms with Gasteiger partial charge >= 0.3 is 0 Å². The number of H-pyrrole nitrogens is 1. The number of phenols is 1. The van der Waals surface area contributed by atoms with E-state index >= 15 is 0 Å². The Hall–Kier alpha value is -4.72. The van der Waals surface area contributed by atoms with Gasteiger partial charge in [-0.25, -0.2) is 0 Å². The molecule has 194 valence electrons. The van der Waals surface area contributed by atoms with Gasteiger partial charge in [-0.3, -0.25) is 9.59 Å². The average Bonchev–Trinajstić information content (AvgIpc) is 3.45. The molecule has 8 heteroatoms. The van der Waals surface area contributed by atoms with Gasteiger partial charge in [0.05, 0.1) is 25.3 Å². The van der Waals surface area contributed by atoms with Crippen LogP contribution in [0, 0.1) is 0 Å². The van der Waals surface area contributed by atoms with E-state index in [1.165, 1.54) is 17.0 Å². The van der Waals surface area contributed by atoms with Crippen molar-refractivity contribution in [2.75, 3.05) is 20.3 Å². The third-order valence-corrected chi connectivity index (χ3v) is 6.78. The van der Waals surface area contributed by atoms with Crippen molar-refractivity contribution < 1.29 is 29.3 Å². The molecule has 1 aliphatic rings. The summed E-state index contributed by atoms with van der Waals surface area (Å²) >= 11 is 0. The van der Waals surface area contributed by atoms with E-state index in [1.54, 1.807) is 43.5 Å². The van der Waals surface area contributed by atoms with Gasteiger partial charge in [0.2, 0.25) is 0 Å². The second kappa shape index (κ2) is 10.3. The minimum absolute atomic E-state index is 0.00504. The van der Waals surface area contributed by atoms with Crippen LogP contribution in [-0.2, 0) is 16.0 Å². The van der Waals surface area contributed by atoms with Gasteiger partial charge < -0.3 is 29.6 Å². The Morgan fingerprint density at radius 3 is 2.39 bits per heavy atom. The van der Waals surface area contributed by atoms with E-state index in [4.69, 9.17) is 9.47 Å². The molecule has 1 aliphatic heterocycles. The van der Waals surface area contributed by atoms with Gasteiger partial charge in [0.1, 0.15) is 23.0 Å². The zero-order valence-corrected chi connectivity index (χ0v) is 21.1. The van der Waals surface area contributed by atoms with Crippen molar-refractivity contribution in [3.8, 4) is 17.2 Å². The first-order valence-corrected chi connectivity index (χ1v) is 12.4. The van der Waals surface area contributed by atoms with Crippen LogP contribution in [0.15, 0.2) is 78.5 Å². The van der Waals surface area contributed by atoms with Gasteiger partial charge in [0, 0.05) is 29.2 Å². The highest BCUT2D eigenvalue weighted by Gasteiger charge is 2.45. The lowest BCUT2D eigenvalue weighted by atomic mass is 9.95. The summed E-state index contributed by atoms with van der Waals surface area (Å²) in [6.07, 6.45) is 2.36. The first-order chi connectivity index (χ1) is 18.4. The first-order valence-electron chi connectivity index (χ1n) is 12.4. The number of likely N-dealkylation sites (tertiary alicyclic amines) is 1. The molecule has 4 aromatic rings. The van der Waals surface area contributed by atoms with E-state index in [9.17, 15) is 19.8 Å². The number of ketones is 1. The zero-order valence-electron chi connectivity index (χ0n) is 21.1. The second-order valence-electron chi connectivity index (χ2n) is 9.02. The SMILES string of the molecule is CCOc1ccc(/C(O)=C2/C(=O)C(=O)N(CCc3c[nH]c4ccc(OC)cc34)C2c2ccc(O)cc2)cc1. The summed E-state index contributed by atoms with van der Waals surface area (Å²) in [6.45, 7) is 2.61. The maximum Gasteiger partial charge on any atom is 0.295 e. The number of carbonyl (C=O) groups is 2. The Bertz CT molecular complexity index is 1520. The molecule has 1 saturated heterocycles. The molecule has 1 unspecified atom stereocenters. The lowest BCUT2D eigenvalue weighted by Gasteiger charge is -2.25. The van der Waals surface area contributed by atoms with Crippen molar-refractivity contribution in [1.82, 2.24) is 9.88 Å². The largest absolute Gasteiger partial charge is 0.508 e. The molecular formula is C30H28N2O6. The predicted molar refractivity (Wildman–Crippen MR) is 143 cm³/mol. The fourth-order valence-corrected chi connectivity index (χ4v) is 4.88. The number of hydrogen-bond acceptors (Lipinski definition) is 6. The molecule has 0 aliphatic carbocycles. The third kappa shape index (κ3) is 4.56. The summed E-state index contributed by atoms with van der Waals surface area (Å²) in [5, 5.41) is 22.1. The summed E-state index contributed by atoms with van der Waals surface area (Å²) in [7, 11) is 1.61. The van der Waals surface area contributed by atoms with Gasteiger partial charge in [-0.2, -0.15) is 0 Å². The molecule has 3 aromatic carbocycles. The Labute approximate surface area is 219 Å². The number of fused-ring (bicyclic) bond motifs is 1. The van der Waals surface area contributed by atoms with Gasteiger partial charge in [-0.05, 0) is 79.1 Å². The Balaban J connectivity index is 1.53. The summed E-state index contributed by atoms with van der Waals surface area (Å²) in [4.78, 5) is 31.3. The number of ether oxygens (including phenoxy) is 2. The van der Waals surface area contributed by atoms with Crippen LogP contribution in [0.2, 0.25) is 0 Å². The summed E-state index contributed by atoms with van der Waals surface area (Å²) in [5.74, 6) is -0.287. The smallest absolute Gasteiger partial charge is 0.295 e. The Morgan fingerprint density at radius 1 is 1.00 bits per heavy atom. The normalized spacial score (nSPS) is 16.8. The number of benzene rings is 3. The molecule has 1 aromatic heterocycles. The van der Waals surface area contributed by atoms with Crippen LogP contribution >= 0.6 is 0 Å². The maximum absolute atomic E-state index is 13.3. The molecular weight excluding hydrogens is 484 g/mol. The van der Waals surface area contributed by atoms with Crippen LogP contribution in [0.4, 0.5) is 0 Å². The molecule has 38 heavy (non-hydrogen) atoms. The molecule has 5 rings (SSSR count). The number of aromatic nitrogens is 1. The van der Waals surface area contributed by atoms with Crippen LogP contribution in [0.25, 0.3) is 16.7 Å². The van der Waals surface area contributed by atoms with Crippen molar-refractivity contribution in [1.29, 1.82) is 0 Å². The minimum atomic E-state index is -0.818. The van der Waals surface area contributed by atoms with Crippen LogP contribution in [0.3, 0.4) is 0 Å². The maximum atomic E-state index is 13.3. The van der Waals surface area contributed by atoms with Gasteiger partial charge in [0.15, 0.2) is 0 Å². The van der Waals surface area contributed by atoms with Crippen molar-refractivity contribution in [2.45, 2.75) is 19.4 Å². The summed E-state index contributed by atoms with van der Waals surface area (Å²) in [6, 6.07) is 17.9. The number of Topliss-reactive ketones (excluding diaryl/α,β-unsaturated/α-hetero) is 1. The van der Waals surface area contributed by atoms with Crippen LogP contribution in [-0.4, -0.2) is 52.0 Å². The van der Waals surface area contributed by atoms with E-state index in [2.05, 4.69) is 4.98 Å². The highest BCUT2D eigenvalue weighted by Crippen LogP contribution is 2.40. The molecule has 1 atom stereocenters. The second-order valence-corrected chi connectivity index (χ2v) is 9.02. The van der Waals surface area contributed by atoms with Crippen LogP contribution in [0.5, 0.6) is 17.2 Å². The number of hydrogen-bond donors (Lipinski definition) is 3. The van der Waals surface area contributed by atoms with Crippen molar-refractivity contribution in [2.24, 2.45) is 0 Å². The van der Waals surface area contributed by atoms with Gasteiger partial charge in [0.25, 0.3) is 11.7 Å². The fraction of sp³-hybridized carbons (Fsp3) is 0.200. The van der Waals surface area contributed by atoms with E-state index in [0.29, 0.717) is 29.9 Å². The number of amides is 1. The molecule has 2 heterocycles. The zero-order chi connectivity index (χ0) is 26.8. The highest BCUT2D eigenvalue weighted by molar-refractivity contribution is 6.46. The third-order valence-electron chi connectivity index (χ3n) is 6.78. The summed E-state index contributed by atoms with van der Waals surface area (Å²) in [5.41, 5.74) is 2.92. The first kappa shape index (κ1) is 25.0. The minimum Gasteiger partial charge on any atom is -0.508 e.